The molecule has 1 saturated heterocycles. The number of benzene rings is 1. The molecule has 5 heteroatoms. The summed E-state index contributed by atoms with van der Waals surface area (Å²) in [5.41, 5.74) is 0.678. The minimum absolute atomic E-state index is 0.0742. The summed E-state index contributed by atoms with van der Waals surface area (Å²) in [5.74, 6) is 0.577. The first-order valence-electron chi connectivity index (χ1n) is 7.02. The summed E-state index contributed by atoms with van der Waals surface area (Å²) in [6, 6.07) is 7.45. The molecule has 1 heterocycles. The van der Waals surface area contributed by atoms with Gasteiger partial charge in [0, 0.05) is 6.04 Å². The highest BCUT2D eigenvalue weighted by atomic mass is 16.5. The van der Waals surface area contributed by atoms with Gasteiger partial charge in [0.15, 0.2) is 0 Å². The van der Waals surface area contributed by atoms with Gasteiger partial charge in [-0.15, -0.1) is 0 Å². The molecule has 0 bridgehead atoms. The second-order valence-electron chi connectivity index (χ2n) is 5.05. The summed E-state index contributed by atoms with van der Waals surface area (Å²) in [6.45, 7) is 1.29. The van der Waals surface area contributed by atoms with E-state index in [0.29, 0.717) is 18.0 Å². The number of hydrogen-bond donors (Lipinski definition) is 2. The van der Waals surface area contributed by atoms with Gasteiger partial charge in [-0.05, 0) is 31.5 Å². The summed E-state index contributed by atoms with van der Waals surface area (Å²) in [5, 5.41) is 12.2. The molecule has 1 fully saturated rings. The van der Waals surface area contributed by atoms with Crippen molar-refractivity contribution in [3.05, 3.63) is 24.3 Å². The van der Waals surface area contributed by atoms with Crippen LogP contribution in [0.2, 0.25) is 0 Å². The minimum atomic E-state index is -0.0742. The van der Waals surface area contributed by atoms with Crippen LogP contribution in [0, 0.1) is 0 Å². The van der Waals surface area contributed by atoms with Crippen LogP contribution in [0.15, 0.2) is 24.3 Å². The number of para-hydroxylation sites is 2. The molecule has 20 heavy (non-hydrogen) atoms. The number of aliphatic hydroxyl groups excluding tert-OH is 1. The molecule has 0 spiro atoms. The molecule has 2 rings (SSSR count). The molecule has 0 aromatic heterocycles. The molecule has 1 unspecified atom stereocenters. The number of rotatable bonds is 5. The summed E-state index contributed by atoms with van der Waals surface area (Å²) in [6.07, 6.45) is 3.16. The lowest BCUT2D eigenvalue weighted by Crippen LogP contribution is -2.45. The number of carbonyl (C=O) groups is 1. The van der Waals surface area contributed by atoms with E-state index in [4.69, 9.17) is 4.74 Å². The average Bonchev–Trinajstić information content (AvgIpc) is 2.48. The molecule has 0 saturated carbocycles. The van der Waals surface area contributed by atoms with E-state index in [1.54, 1.807) is 7.11 Å². The third-order valence-corrected chi connectivity index (χ3v) is 3.69. The van der Waals surface area contributed by atoms with E-state index in [-0.39, 0.29) is 18.6 Å². The number of nitrogens with zero attached hydrogens (tertiary/aromatic N) is 1. The van der Waals surface area contributed by atoms with Crippen LogP contribution in [0.25, 0.3) is 0 Å². The van der Waals surface area contributed by atoms with Gasteiger partial charge in [0.2, 0.25) is 5.91 Å². The number of amides is 1. The Bertz CT molecular complexity index is 450. The molecule has 1 amide bonds. The zero-order valence-corrected chi connectivity index (χ0v) is 11.8. The van der Waals surface area contributed by atoms with Gasteiger partial charge in [-0.2, -0.15) is 0 Å². The van der Waals surface area contributed by atoms with Crippen LogP contribution in [0.3, 0.4) is 0 Å². The van der Waals surface area contributed by atoms with E-state index in [0.717, 1.165) is 25.8 Å². The van der Waals surface area contributed by atoms with Crippen molar-refractivity contribution >= 4 is 11.6 Å². The Labute approximate surface area is 119 Å². The molecular formula is C15H22N2O3. The van der Waals surface area contributed by atoms with Crippen LogP contribution in [0.5, 0.6) is 5.75 Å². The third-order valence-electron chi connectivity index (χ3n) is 3.69. The highest BCUT2D eigenvalue weighted by Gasteiger charge is 2.23. The number of carbonyl (C=O) groups excluding carboxylic acids is 1. The van der Waals surface area contributed by atoms with Gasteiger partial charge in [0.1, 0.15) is 5.75 Å². The third kappa shape index (κ3) is 3.71. The number of nitrogens with one attached hydrogen (secondary N) is 1. The normalized spacial score (nSPS) is 19.6. The van der Waals surface area contributed by atoms with Gasteiger partial charge >= 0.3 is 0 Å². The maximum absolute atomic E-state index is 12.1. The number of likely N-dealkylation sites (tertiary alicyclic amines) is 1. The van der Waals surface area contributed by atoms with E-state index in [2.05, 4.69) is 5.32 Å². The van der Waals surface area contributed by atoms with Crippen LogP contribution in [0.4, 0.5) is 5.69 Å². The molecule has 0 aliphatic carbocycles. The van der Waals surface area contributed by atoms with Gasteiger partial charge < -0.3 is 15.2 Å². The fourth-order valence-corrected chi connectivity index (χ4v) is 2.60. The predicted molar refractivity (Wildman–Crippen MR) is 77.9 cm³/mol. The molecule has 0 radical (unpaired) electrons. The van der Waals surface area contributed by atoms with Crippen LogP contribution in [-0.2, 0) is 4.79 Å². The molecule has 110 valence electrons. The molecule has 1 aromatic rings. The number of ether oxygens (including phenoxy) is 1. The Morgan fingerprint density at radius 2 is 2.25 bits per heavy atom. The first-order chi connectivity index (χ1) is 9.74. The second-order valence-corrected chi connectivity index (χ2v) is 5.05. The average molecular weight is 278 g/mol. The lowest BCUT2D eigenvalue weighted by Gasteiger charge is -2.33. The van der Waals surface area contributed by atoms with E-state index in [1.165, 1.54) is 0 Å². The van der Waals surface area contributed by atoms with Gasteiger partial charge in [-0.3, -0.25) is 9.69 Å². The minimum Gasteiger partial charge on any atom is -0.495 e. The van der Waals surface area contributed by atoms with Crippen LogP contribution < -0.4 is 10.1 Å². The number of hydrogen-bond acceptors (Lipinski definition) is 4. The van der Waals surface area contributed by atoms with Crippen molar-refractivity contribution in [1.29, 1.82) is 0 Å². The molecule has 1 aliphatic rings. The van der Waals surface area contributed by atoms with Crippen molar-refractivity contribution in [3.8, 4) is 5.75 Å². The molecule has 2 N–H and O–H groups in total. The Balaban J connectivity index is 1.94. The largest absolute Gasteiger partial charge is 0.495 e. The lowest BCUT2D eigenvalue weighted by molar-refractivity contribution is -0.118. The zero-order valence-electron chi connectivity index (χ0n) is 11.8. The highest BCUT2D eigenvalue weighted by Crippen LogP contribution is 2.23. The summed E-state index contributed by atoms with van der Waals surface area (Å²) in [4.78, 5) is 14.2. The molecular weight excluding hydrogens is 256 g/mol. The topological polar surface area (TPSA) is 61.8 Å². The van der Waals surface area contributed by atoms with Crippen molar-refractivity contribution < 1.29 is 14.6 Å². The zero-order chi connectivity index (χ0) is 14.4. The highest BCUT2D eigenvalue weighted by molar-refractivity contribution is 5.93. The van der Waals surface area contributed by atoms with E-state index >= 15 is 0 Å². The predicted octanol–water partition coefficient (Wildman–Crippen LogP) is 1.48. The van der Waals surface area contributed by atoms with E-state index < -0.39 is 0 Å². The Hall–Kier alpha value is -1.59. The SMILES string of the molecule is COc1ccccc1NC(=O)CN1CCCCC1CO. The summed E-state index contributed by atoms with van der Waals surface area (Å²) < 4.78 is 5.21. The Morgan fingerprint density at radius 1 is 1.45 bits per heavy atom. The quantitative estimate of drug-likeness (QED) is 0.856. The molecule has 1 aromatic carbocycles. The van der Waals surface area contributed by atoms with Crippen molar-refractivity contribution in [2.75, 3.05) is 32.1 Å². The van der Waals surface area contributed by atoms with E-state index in [1.807, 2.05) is 29.2 Å². The van der Waals surface area contributed by atoms with Crippen LogP contribution in [0.1, 0.15) is 19.3 Å². The summed E-state index contributed by atoms with van der Waals surface area (Å²) in [7, 11) is 1.58. The Kier molecular flexibility index (Phi) is 5.38. The monoisotopic (exact) mass is 278 g/mol. The molecule has 5 nitrogen and oxygen atoms in total. The number of piperidine rings is 1. The number of methoxy groups -OCH3 is 1. The van der Waals surface area contributed by atoms with Crippen LogP contribution >= 0.6 is 0 Å². The van der Waals surface area contributed by atoms with Gasteiger partial charge in [0.25, 0.3) is 0 Å². The van der Waals surface area contributed by atoms with Crippen molar-refractivity contribution in [2.24, 2.45) is 0 Å². The first-order valence-corrected chi connectivity index (χ1v) is 7.02. The van der Waals surface area contributed by atoms with Gasteiger partial charge in [0.05, 0.1) is 25.9 Å². The molecule has 1 aliphatic heterocycles. The molecule has 1 atom stereocenters. The fraction of sp³-hybridized carbons (Fsp3) is 0.533. The smallest absolute Gasteiger partial charge is 0.238 e. The first kappa shape index (κ1) is 14.8. The van der Waals surface area contributed by atoms with Gasteiger partial charge in [-0.25, -0.2) is 0 Å². The van der Waals surface area contributed by atoms with Gasteiger partial charge in [-0.1, -0.05) is 18.6 Å². The standard InChI is InChI=1S/C15H22N2O3/c1-20-14-8-3-2-7-13(14)16-15(19)10-17-9-5-4-6-12(17)11-18/h2-3,7-8,12,18H,4-6,9-11H2,1H3,(H,16,19). The second kappa shape index (κ2) is 7.26. The Morgan fingerprint density at radius 3 is 3.00 bits per heavy atom. The van der Waals surface area contributed by atoms with Crippen molar-refractivity contribution in [2.45, 2.75) is 25.3 Å². The number of aliphatic hydroxyl groups is 1. The maximum Gasteiger partial charge on any atom is 0.238 e. The fourth-order valence-electron chi connectivity index (χ4n) is 2.60. The summed E-state index contributed by atoms with van der Waals surface area (Å²) >= 11 is 0. The van der Waals surface area contributed by atoms with E-state index in [9.17, 15) is 9.90 Å². The lowest BCUT2D eigenvalue weighted by atomic mass is 10.0. The van der Waals surface area contributed by atoms with Crippen molar-refractivity contribution in [1.82, 2.24) is 4.90 Å². The van der Waals surface area contributed by atoms with Crippen molar-refractivity contribution in [3.63, 3.8) is 0 Å². The maximum atomic E-state index is 12.1. The van der Waals surface area contributed by atoms with Crippen LogP contribution in [-0.4, -0.2) is 48.8 Å². The number of anilines is 1.